The zero-order chi connectivity index (χ0) is 23.7. The number of furan rings is 1. The molecule has 0 atom stereocenters. The van der Waals surface area contributed by atoms with Gasteiger partial charge in [-0.3, -0.25) is 14.9 Å². The summed E-state index contributed by atoms with van der Waals surface area (Å²) in [7, 11) is 0. The summed E-state index contributed by atoms with van der Waals surface area (Å²) in [5, 5.41) is 23.9. The predicted molar refractivity (Wildman–Crippen MR) is 122 cm³/mol. The summed E-state index contributed by atoms with van der Waals surface area (Å²) in [6.07, 6.45) is 1.46. The minimum absolute atomic E-state index is 0.0132. The molecule has 0 saturated carbocycles. The molecule has 5 rings (SSSR count). The number of H-pyrrole nitrogens is 1. The standard InChI is InChI=1S/C23H17N7O3S/c24-10-15-16(11-25)28-23(27-15)29-20(31)17-12-34-21(26-17)13-5-7-30(8-6-13)22(32)19-9-14-3-1-2-4-18(14)33-19/h1-4,9,12-13H,5-8H2,(H2,27,28,29,31). The Hall–Kier alpha value is -4.48. The van der Waals surface area contributed by atoms with Crippen molar-refractivity contribution in [1.29, 1.82) is 10.5 Å². The van der Waals surface area contributed by atoms with E-state index in [9.17, 15) is 9.59 Å². The molecule has 3 aromatic heterocycles. The highest BCUT2D eigenvalue weighted by molar-refractivity contribution is 7.10. The van der Waals surface area contributed by atoms with Gasteiger partial charge in [0.2, 0.25) is 5.95 Å². The Bertz CT molecular complexity index is 1410. The summed E-state index contributed by atoms with van der Waals surface area (Å²) in [5.74, 6) is -0.108. The van der Waals surface area contributed by atoms with Crippen molar-refractivity contribution in [3.8, 4) is 12.1 Å². The number of imidazole rings is 1. The van der Waals surface area contributed by atoms with E-state index in [4.69, 9.17) is 14.9 Å². The Labute approximate surface area is 197 Å². The number of carbonyl (C=O) groups is 2. The van der Waals surface area contributed by atoms with Gasteiger partial charge in [0.05, 0.1) is 5.01 Å². The van der Waals surface area contributed by atoms with Crippen LogP contribution in [0.2, 0.25) is 0 Å². The summed E-state index contributed by atoms with van der Waals surface area (Å²) in [6.45, 7) is 1.14. The summed E-state index contributed by atoms with van der Waals surface area (Å²) >= 11 is 1.39. The van der Waals surface area contributed by atoms with Gasteiger partial charge in [-0.15, -0.1) is 11.3 Å². The second-order valence-corrected chi connectivity index (χ2v) is 8.66. The summed E-state index contributed by atoms with van der Waals surface area (Å²) in [5.41, 5.74) is 0.826. The van der Waals surface area contributed by atoms with Crippen molar-refractivity contribution in [3.63, 3.8) is 0 Å². The van der Waals surface area contributed by atoms with Gasteiger partial charge in [0, 0.05) is 29.8 Å². The molecule has 0 unspecified atom stereocenters. The van der Waals surface area contributed by atoms with E-state index in [-0.39, 0.29) is 34.9 Å². The number of aromatic amines is 1. The normalized spacial score (nSPS) is 14.0. The van der Waals surface area contributed by atoms with Crippen molar-refractivity contribution in [1.82, 2.24) is 19.9 Å². The van der Waals surface area contributed by atoms with Gasteiger partial charge in [0.15, 0.2) is 17.1 Å². The molecule has 1 aromatic carbocycles. The highest BCUT2D eigenvalue weighted by Crippen LogP contribution is 2.31. The zero-order valence-corrected chi connectivity index (χ0v) is 18.6. The number of benzene rings is 1. The SMILES string of the molecule is N#Cc1nc(NC(=O)c2csc(C3CCN(C(=O)c4cc5ccccc5o4)CC3)n2)[nH]c1C#N. The number of para-hydroxylation sites is 1. The van der Waals surface area contributed by atoms with Crippen LogP contribution in [0.4, 0.5) is 5.95 Å². The highest BCUT2D eigenvalue weighted by atomic mass is 32.1. The molecular formula is C23H17N7O3S. The quantitative estimate of drug-likeness (QED) is 0.461. The van der Waals surface area contributed by atoms with Gasteiger partial charge in [-0.1, -0.05) is 18.2 Å². The molecule has 1 fully saturated rings. The van der Waals surface area contributed by atoms with E-state index in [0.29, 0.717) is 24.4 Å². The van der Waals surface area contributed by atoms with E-state index in [1.54, 1.807) is 22.4 Å². The average molecular weight is 472 g/mol. The number of nitrogens with zero attached hydrogens (tertiary/aromatic N) is 5. The lowest BCUT2D eigenvalue weighted by Gasteiger charge is -2.30. The van der Waals surface area contributed by atoms with Crippen LogP contribution in [0, 0.1) is 22.7 Å². The lowest BCUT2D eigenvalue weighted by Crippen LogP contribution is -2.37. The fourth-order valence-electron chi connectivity index (χ4n) is 3.92. The van der Waals surface area contributed by atoms with Crippen molar-refractivity contribution in [2.45, 2.75) is 18.8 Å². The highest BCUT2D eigenvalue weighted by Gasteiger charge is 2.28. The minimum Gasteiger partial charge on any atom is -0.451 e. The Morgan fingerprint density at radius 2 is 1.97 bits per heavy atom. The maximum absolute atomic E-state index is 12.9. The number of fused-ring (bicyclic) bond motifs is 1. The number of hydrogen-bond donors (Lipinski definition) is 2. The largest absolute Gasteiger partial charge is 0.451 e. The number of likely N-dealkylation sites (tertiary alicyclic amines) is 1. The van der Waals surface area contributed by atoms with Crippen LogP contribution in [-0.4, -0.2) is 44.8 Å². The lowest BCUT2D eigenvalue weighted by atomic mass is 9.97. The number of carbonyl (C=O) groups excluding carboxylic acids is 2. The van der Waals surface area contributed by atoms with Gasteiger partial charge in [-0.25, -0.2) is 9.97 Å². The van der Waals surface area contributed by atoms with Gasteiger partial charge in [0.25, 0.3) is 11.8 Å². The van der Waals surface area contributed by atoms with E-state index in [1.165, 1.54) is 11.3 Å². The molecule has 0 aliphatic carbocycles. The molecule has 0 spiro atoms. The van der Waals surface area contributed by atoms with Crippen molar-refractivity contribution >= 4 is 40.1 Å². The van der Waals surface area contributed by atoms with Crippen LogP contribution in [0.25, 0.3) is 11.0 Å². The van der Waals surface area contributed by atoms with E-state index < -0.39 is 5.91 Å². The van der Waals surface area contributed by atoms with Gasteiger partial charge in [-0.2, -0.15) is 10.5 Å². The molecule has 168 valence electrons. The third-order valence-electron chi connectivity index (χ3n) is 5.68. The molecule has 2 N–H and O–H groups in total. The molecule has 1 aliphatic rings. The summed E-state index contributed by atoms with van der Waals surface area (Å²) in [4.78, 5) is 38.1. The maximum Gasteiger partial charge on any atom is 0.289 e. The van der Waals surface area contributed by atoms with E-state index >= 15 is 0 Å². The number of thiazole rings is 1. The average Bonchev–Trinajstić information content (AvgIpc) is 3.61. The van der Waals surface area contributed by atoms with Crippen LogP contribution < -0.4 is 5.32 Å². The molecule has 11 heteroatoms. The number of anilines is 1. The predicted octanol–water partition coefficient (Wildman–Crippen LogP) is 3.63. The van der Waals surface area contributed by atoms with Crippen LogP contribution >= 0.6 is 11.3 Å². The van der Waals surface area contributed by atoms with Gasteiger partial charge in [0.1, 0.15) is 23.4 Å². The van der Waals surface area contributed by atoms with Gasteiger partial charge < -0.3 is 14.3 Å². The summed E-state index contributed by atoms with van der Waals surface area (Å²) < 4.78 is 5.71. The smallest absolute Gasteiger partial charge is 0.289 e. The molecule has 0 radical (unpaired) electrons. The van der Waals surface area contributed by atoms with Crippen LogP contribution in [-0.2, 0) is 0 Å². The first-order valence-corrected chi connectivity index (χ1v) is 11.4. The van der Waals surface area contributed by atoms with Gasteiger partial charge in [-0.05, 0) is 25.0 Å². The minimum atomic E-state index is -0.484. The molecule has 1 aliphatic heterocycles. The van der Waals surface area contributed by atoms with Crippen LogP contribution in [0.5, 0.6) is 0 Å². The second-order valence-electron chi connectivity index (χ2n) is 7.77. The van der Waals surface area contributed by atoms with Crippen molar-refractivity contribution < 1.29 is 14.0 Å². The Kier molecular flexibility index (Phi) is 5.54. The van der Waals surface area contributed by atoms with Gasteiger partial charge >= 0.3 is 0 Å². The third-order valence-corrected chi connectivity index (χ3v) is 6.68. The lowest BCUT2D eigenvalue weighted by molar-refractivity contribution is 0.0683. The third kappa shape index (κ3) is 4.00. The number of rotatable bonds is 4. The number of nitriles is 2. The molecule has 34 heavy (non-hydrogen) atoms. The van der Waals surface area contributed by atoms with Crippen LogP contribution in [0.15, 0.2) is 40.1 Å². The van der Waals surface area contributed by atoms with Crippen molar-refractivity contribution in [2.24, 2.45) is 0 Å². The molecule has 2 amide bonds. The Balaban J connectivity index is 1.20. The van der Waals surface area contributed by atoms with E-state index in [1.807, 2.05) is 30.3 Å². The molecule has 1 saturated heterocycles. The van der Waals surface area contributed by atoms with Crippen molar-refractivity contribution in [2.75, 3.05) is 18.4 Å². The number of aromatic nitrogens is 3. The first-order chi connectivity index (χ1) is 16.6. The van der Waals surface area contributed by atoms with Crippen LogP contribution in [0.1, 0.15) is 56.2 Å². The number of hydrogen-bond acceptors (Lipinski definition) is 8. The molecular weight excluding hydrogens is 454 g/mol. The fourth-order valence-corrected chi connectivity index (χ4v) is 4.89. The van der Waals surface area contributed by atoms with Crippen molar-refractivity contribution in [3.05, 3.63) is 63.6 Å². The van der Waals surface area contributed by atoms with E-state index in [0.717, 1.165) is 23.2 Å². The van der Waals surface area contributed by atoms with E-state index in [2.05, 4.69) is 20.3 Å². The monoisotopic (exact) mass is 471 g/mol. The zero-order valence-electron chi connectivity index (χ0n) is 17.7. The molecule has 4 aromatic rings. The molecule has 10 nitrogen and oxygen atoms in total. The first-order valence-electron chi connectivity index (χ1n) is 10.5. The second kappa shape index (κ2) is 8.81. The van der Waals surface area contributed by atoms with Crippen LogP contribution in [0.3, 0.4) is 0 Å². The first kappa shape index (κ1) is 21.4. The number of amides is 2. The number of nitrogens with one attached hydrogen (secondary N) is 2. The molecule has 0 bridgehead atoms. The number of piperidine rings is 1. The Morgan fingerprint density at radius 1 is 1.18 bits per heavy atom. The maximum atomic E-state index is 12.9. The summed E-state index contributed by atoms with van der Waals surface area (Å²) in [6, 6.07) is 12.9. The fraction of sp³-hybridized carbons (Fsp3) is 0.217. The topological polar surface area (TPSA) is 152 Å². The molecule has 4 heterocycles. The Morgan fingerprint density at radius 3 is 2.68 bits per heavy atom.